The summed E-state index contributed by atoms with van der Waals surface area (Å²) in [7, 11) is 0. The Morgan fingerprint density at radius 3 is 2.61 bits per heavy atom. The Bertz CT molecular complexity index is 1190. The van der Waals surface area contributed by atoms with Crippen molar-refractivity contribution in [3.63, 3.8) is 0 Å². The molecule has 0 aliphatic carbocycles. The van der Waals surface area contributed by atoms with Gasteiger partial charge in [0.1, 0.15) is 11.4 Å². The molecule has 0 bridgehead atoms. The summed E-state index contributed by atoms with van der Waals surface area (Å²) in [6.07, 6.45) is 2.28. The average molecular weight is 424 g/mol. The fourth-order valence-electron chi connectivity index (χ4n) is 4.66. The first-order valence-electron chi connectivity index (χ1n) is 10.7. The average Bonchev–Trinajstić information content (AvgIpc) is 3.25. The summed E-state index contributed by atoms with van der Waals surface area (Å²) in [5.41, 5.74) is 3.58. The van der Waals surface area contributed by atoms with Crippen LogP contribution in [-0.4, -0.2) is 57.7 Å². The molecule has 1 amide bonds. The number of anilines is 1. The number of carbonyl (C=O) groups excluding carboxylic acids is 1. The highest BCUT2D eigenvalue weighted by Gasteiger charge is 2.28. The van der Waals surface area contributed by atoms with Gasteiger partial charge >= 0.3 is 0 Å². The van der Waals surface area contributed by atoms with Crippen LogP contribution in [0.4, 0.5) is 10.1 Å². The molecule has 1 fully saturated rings. The van der Waals surface area contributed by atoms with Crippen molar-refractivity contribution in [2.45, 2.75) is 26.4 Å². The molecule has 1 N–H and O–H groups in total. The number of benzene rings is 1. The van der Waals surface area contributed by atoms with E-state index in [1.165, 1.54) is 22.8 Å². The number of rotatable bonds is 3. The molecule has 5 rings (SSSR count). The van der Waals surface area contributed by atoms with Gasteiger partial charge in [-0.15, -0.1) is 0 Å². The van der Waals surface area contributed by atoms with Gasteiger partial charge in [-0.25, -0.2) is 4.39 Å². The molecule has 4 heterocycles. The van der Waals surface area contributed by atoms with Crippen molar-refractivity contribution < 1.29 is 9.18 Å². The largest absolute Gasteiger partial charge is 0.368 e. The van der Waals surface area contributed by atoms with Crippen molar-refractivity contribution in [3.05, 3.63) is 63.5 Å². The number of carbonyl (C=O) groups is 1. The lowest BCUT2D eigenvalue weighted by Crippen LogP contribution is -2.49. The van der Waals surface area contributed by atoms with Gasteiger partial charge in [0.15, 0.2) is 5.65 Å². The van der Waals surface area contributed by atoms with Crippen molar-refractivity contribution >= 4 is 17.2 Å². The normalized spacial score (nSPS) is 16.6. The van der Waals surface area contributed by atoms with Crippen LogP contribution < -0.4 is 15.8 Å². The Labute approximate surface area is 178 Å². The van der Waals surface area contributed by atoms with E-state index in [4.69, 9.17) is 0 Å². The molecule has 0 radical (unpaired) electrons. The van der Waals surface area contributed by atoms with Crippen LogP contribution in [0.3, 0.4) is 0 Å². The predicted molar refractivity (Wildman–Crippen MR) is 115 cm³/mol. The molecule has 0 unspecified atom stereocenters. The molecule has 0 saturated carbocycles. The van der Waals surface area contributed by atoms with Gasteiger partial charge in [-0.3, -0.25) is 9.59 Å². The van der Waals surface area contributed by atoms with Gasteiger partial charge < -0.3 is 19.7 Å². The van der Waals surface area contributed by atoms with Crippen LogP contribution in [0.25, 0.3) is 5.65 Å². The Morgan fingerprint density at radius 1 is 1.16 bits per heavy atom. The summed E-state index contributed by atoms with van der Waals surface area (Å²) in [6, 6.07) is 6.42. The van der Waals surface area contributed by atoms with Gasteiger partial charge in [-0.05, 0) is 31.2 Å². The minimum atomic E-state index is -0.259. The summed E-state index contributed by atoms with van der Waals surface area (Å²) in [4.78, 5) is 30.3. The molecule has 8 nitrogen and oxygen atoms in total. The Balaban J connectivity index is 1.44. The lowest BCUT2D eigenvalue weighted by Gasteiger charge is -2.36. The highest BCUT2D eigenvalue weighted by Crippen LogP contribution is 2.21. The van der Waals surface area contributed by atoms with Crippen molar-refractivity contribution in [1.82, 2.24) is 24.4 Å². The minimum absolute atomic E-state index is 0.107. The SMILES string of the molecule is CCn1c2c(c(=O)n3ncc(C(=O)N4CCN(c5ccc(F)cc5)CC4)c13)CNCC2. The van der Waals surface area contributed by atoms with E-state index in [0.717, 1.165) is 29.9 Å². The summed E-state index contributed by atoms with van der Waals surface area (Å²) in [5.74, 6) is -0.366. The number of amides is 1. The number of hydrogen-bond acceptors (Lipinski definition) is 5. The van der Waals surface area contributed by atoms with Crippen LogP contribution in [0, 0.1) is 5.82 Å². The third-order valence-electron chi connectivity index (χ3n) is 6.27. The Kier molecular flexibility index (Phi) is 4.97. The molecule has 2 aliphatic rings. The Hall–Kier alpha value is -3.20. The van der Waals surface area contributed by atoms with E-state index in [1.54, 1.807) is 12.1 Å². The van der Waals surface area contributed by atoms with Crippen LogP contribution in [0.2, 0.25) is 0 Å². The quantitative estimate of drug-likeness (QED) is 0.685. The van der Waals surface area contributed by atoms with Crippen molar-refractivity contribution in [1.29, 1.82) is 0 Å². The summed E-state index contributed by atoms with van der Waals surface area (Å²) < 4.78 is 16.6. The molecule has 0 atom stereocenters. The zero-order valence-electron chi connectivity index (χ0n) is 17.5. The molecule has 9 heteroatoms. The maximum Gasteiger partial charge on any atom is 0.279 e. The molecule has 2 aliphatic heterocycles. The fourth-order valence-corrected chi connectivity index (χ4v) is 4.66. The van der Waals surface area contributed by atoms with Gasteiger partial charge in [0, 0.05) is 63.6 Å². The Morgan fingerprint density at radius 2 is 1.90 bits per heavy atom. The van der Waals surface area contributed by atoms with Gasteiger partial charge in [-0.2, -0.15) is 9.61 Å². The van der Waals surface area contributed by atoms with E-state index < -0.39 is 0 Å². The standard InChI is InChI=1S/C22H25FN6O2/c1-2-28-19-7-8-24-13-17(19)22(31)29-20(28)18(14-25-29)21(30)27-11-9-26(10-12-27)16-5-3-15(23)4-6-16/h3-6,14,24H,2,7-13H2,1H3. The smallest absolute Gasteiger partial charge is 0.279 e. The van der Waals surface area contributed by atoms with Crippen molar-refractivity contribution in [2.24, 2.45) is 0 Å². The third kappa shape index (κ3) is 3.29. The zero-order chi connectivity index (χ0) is 21.5. The van der Waals surface area contributed by atoms with E-state index in [0.29, 0.717) is 50.5 Å². The van der Waals surface area contributed by atoms with Crippen LogP contribution in [0.15, 0.2) is 35.3 Å². The van der Waals surface area contributed by atoms with E-state index >= 15 is 0 Å². The number of hydrogen-bond donors (Lipinski definition) is 1. The van der Waals surface area contributed by atoms with Gasteiger partial charge in [0.2, 0.25) is 0 Å². The molecular formula is C22H25FN6O2. The van der Waals surface area contributed by atoms with E-state index in [9.17, 15) is 14.0 Å². The number of nitrogens with one attached hydrogen (secondary N) is 1. The van der Waals surface area contributed by atoms with Gasteiger partial charge in [0.25, 0.3) is 11.5 Å². The molecule has 2 aromatic heterocycles. The molecule has 31 heavy (non-hydrogen) atoms. The molecule has 0 spiro atoms. The molecule has 1 saturated heterocycles. The lowest BCUT2D eigenvalue weighted by atomic mass is 10.1. The maximum atomic E-state index is 13.4. The number of fused-ring (bicyclic) bond motifs is 2. The summed E-state index contributed by atoms with van der Waals surface area (Å²) >= 11 is 0. The van der Waals surface area contributed by atoms with Crippen LogP contribution in [0.1, 0.15) is 28.5 Å². The van der Waals surface area contributed by atoms with Gasteiger partial charge in [-0.1, -0.05) is 0 Å². The second-order valence-corrected chi connectivity index (χ2v) is 7.95. The number of aryl methyl sites for hydroxylation is 1. The molecule has 162 valence electrons. The first kappa shape index (κ1) is 19.7. The summed E-state index contributed by atoms with van der Waals surface area (Å²) in [6.45, 7) is 6.46. The number of aromatic nitrogens is 3. The minimum Gasteiger partial charge on any atom is -0.368 e. The zero-order valence-corrected chi connectivity index (χ0v) is 17.5. The number of nitrogens with zero attached hydrogens (tertiary/aromatic N) is 5. The molecular weight excluding hydrogens is 399 g/mol. The van der Waals surface area contributed by atoms with Crippen LogP contribution in [-0.2, 0) is 19.5 Å². The number of piperazine rings is 1. The summed E-state index contributed by atoms with van der Waals surface area (Å²) in [5, 5.41) is 7.53. The first-order chi connectivity index (χ1) is 15.1. The molecule has 1 aromatic carbocycles. The highest BCUT2D eigenvalue weighted by molar-refractivity contribution is 6.00. The monoisotopic (exact) mass is 424 g/mol. The molecule has 3 aromatic rings. The lowest BCUT2D eigenvalue weighted by molar-refractivity contribution is 0.0748. The van der Waals surface area contributed by atoms with Crippen molar-refractivity contribution in [3.8, 4) is 0 Å². The first-order valence-corrected chi connectivity index (χ1v) is 10.7. The van der Waals surface area contributed by atoms with E-state index in [1.807, 2.05) is 11.8 Å². The second-order valence-electron chi connectivity index (χ2n) is 7.95. The van der Waals surface area contributed by atoms with E-state index in [2.05, 4.69) is 19.9 Å². The predicted octanol–water partition coefficient (Wildman–Crippen LogP) is 1.26. The topological polar surface area (TPSA) is 74.9 Å². The number of halogens is 1. The second kappa shape index (κ2) is 7.81. The van der Waals surface area contributed by atoms with E-state index in [-0.39, 0.29) is 17.3 Å². The highest BCUT2D eigenvalue weighted by atomic mass is 19.1. The van der Waals surface area contributed by atoms with Crippen LogP contribution in [0.5, 0.6) is 0 Å². The third-order valence-corrected chi connectivity index (χ3v) is 6.27. The van der Waals surface area contributed by atoms with Gasteiger partial charge in [0.05, 0.1) is 11.8 Å². The maximum absolute atomic E-state index is 13.4. The van der Waals surface area contributed by atoms with Crippen LogP contribution >= 0.6 is 0 Å². The van der Waals surface area contributed by atoms with Crippen molar-refractivity contribution in [2.75, 3.05) is 37.6 Å². The fraction of sp³-hybridized carbons (Fsp3) is 0.409.